The van der Waals surface area contributed by atoms with Gasteiger partial charge in [-0.15, -0.1) is 0 Å². The van der Waals surface area contributed by atoms with Crippen molar-refractivity contribution >= 4 is 63.2 Å². The van der Waals surface area contributed by atoms with Gasteiger partial charge in [0.05, 0.1) is 23.3 Å². The predicted octanol–water partition coefficient (Wildman–Crippen LogP) is 6.12. The van der Waals surface area contributed by atoms with Crippen LogP contribution in [0.1, 0.15) is 27.0 Å². The van der Waals surface area contributed by atoms with Gasteiger partial charge in [-0.3, -0.25) is 9.69 Å². The fourth-order valence-corrected chi connectivity index (χ4v) is 4.86. The standard InChI is InChI=1S/C27H23IN2O5S/c1-16-20(26(32)33)5-4-6-21(16)29-27-30(2)25(31)24(36-27)14-18-9-12-22(23(13-18)34-3)35-15-17-7-10-19(28)11-8-17/h4-14H,15H2,1-3H3,(H,32,33)/b24-14-,29-27?. The molecule has 0 radical (unpaired) electrons. The number of carboxylic acid groups (broad SMARTS) is 1. The minimum atomic E-state index is -1.02. The Hall–Kier alpha value is -3.31. The number of hydrogen-bond donors (Lipinski definition) is 1. The molecule has 1 heterocycles. The maximum atomic E-state index is 12.9. The maximum absolute atomic E-state index is 12.9. The number of thioether (sulfide) groups is 1. The van der Waals surface area contributed by atoms with E-state index < -0.39 is 5.97 Å². The summed E-state index contributed by atoms with van der Waals surface area (Å²) in [5.41, 5.74) is 3.07. The second kappa shape index (κ2) is 11.2. The van der Waals surface area contributed by atoms with E-state index in [1.807, 2.05) is 42.5 Å². The normalized spacial score (nSPS) is 15.6. The second-order valence-electron chi connectivity index (χ2n) is 7.95. The molecule has 0 bridgehead atoms. The van der Waals surface area contributed by atoms with Gasteiger partial charge in [-0.25, -0.2) is 9.79 Å². The van der Waals surface area contributed by atoms with E-state index in [1.165, 1.54) is 22.7 Å². The minimum Gasteiger partial charge on any atom is -0.493 e. The molecule has 0 aromatic heterocycles. The topological polar surface area (TPSA) is 88.4 Å². The number of aromatic carboxylic acids is 1. The van der Waals surface area contributed by atoms with Gasteiger partial charge >= 0.3 is 5.97 Å². The monoisotopic (exact) mass is 614 g/mol. The van der Waals surface area contributed by atoms with Crippen LogP contribution in [0.5, 0.6) is 11.5 Å². The molecule has 3 aromatic carbocycles. The molecule has 4 rings (SSSR count). The Kier molecular flexibility index (Phi) is 8.00. The number of benzene rings is 3. The zero-order valence-electron chi connectivity index (χ0n) is 19.8. The van der Waals surface area contributed by atoms with Crippen molar-refractivity contribution in [1.29, 1.82) is 0 Å². The van der Waals surface area contributed by atoms with E-state index in [-0.39, 0.29) is 11.5 Å². The molecule has 1 amide bonds. The van der Waals surface area contributed by atoms with Gasteiger partial charge in [0.15, 0.2) is 16.7 Å². The molecule has 1 aliphatic rings. The van der Waals surface area contributed by atoms with Crippen LogP contribution < -0.4 is 9.47 Å². The van der Waals surface area contributed by atoms with E-state index >= 15 is 0 Å². The van der Waals surface area contributed by atoms with Crippen LogP contribution in [0.3, 0.4) is 0 Å². The Morgan fingerprint density at radius 3 is 2.58 bits per heavy atom. The van der Waals surface area contributed by atoms with Gasteiger partial charge in [-0.2, -0.15) is 0 Å². The number of carbonyl (C=O) groups excluding carboxylic acids is 1. The number of halogens is 1. The van der Waals surface area contributed by atoms with E-state index in [2.05, 4.69) is 27.6 Å². The fraction of sp³-hybridized carbons (Fsp3) is 0.148. The number of amidine groups is 1. The number of nitrogens with zero attached hydrogens (tertiary/aromatic N) is 2. The van der Waals surface area contributed by atoms with Crippen molar-refractivity contribution in [2.45, 2.75) is 13.5 Å². The summed E-state index contributed by atoms with van der Waals surface area (Å²) in [5.74, 6) is -0.0345. The lowest BCUT2D eigenvalue weighted by Gasteiger charge is -2.11. The number of carboxylic acids is 1. The molecule has 0 spiro atoms. The molecular weight excluding hydrogens is 591 g/mol. The third kappa shape index (κ3) is 5.73. The average Bonchev–Trinajstić information content (AvgIpc) is 3.12. The van der Waals surface area contributed by atoms with Gasteiger partial charge in [0.25, 0.3) is 5.91 Å². The van der Waals surface area contributed by atoms with Crippen LogP contribution in [0, 0.1) is 10.5 Å². The first-order valence-electron chi connectivity index (χ1n) is 10.9. The molecule has 1 N–H and O–H groups in total. The molecule has 0 aliphatic carbocycles. The van der Waals surface area contributed by atoms with Crippen LogP contribution in [0.15, 0.2) is 70.6 Å². The quantitative estimate of drug-likeness (QED) is 0.255. The smallest absolute Gasteiger partial charge is 0.336 e. The lowest BCUT2D eigenvalue weighted by atomic mass is 10.1. The summed E-state index contributed by atoms with van der Waals surface area (Å²) in [7, 11) is 3.22. The zero-order valence-corrected chi connectivity index (χ0v) is 22.8. The van der Waals surface area contributed by atoms with Gasteiger partial charge in [0.2, 0.25) is 0 Å². The van der Waals surface area contributed by atoms with Crippen molar-refractivity contribution in [1.82, 2.24) is 4.90 Å². The van der Waals surface area contributed by atoms with Crippen molar-refractivity contribution in [3.05, 3.63) is 91.4 Å². The number of carbonyl (C=O) groups is 2. The molecule has 1 fully saturated rings. The minimum absolute atomic E-state index is 0.181. The van der Waals surface area contributed by atoms with Crippen molar-refractivity contribution in [3.63, 3.8) is 0 Å². The Labute approximate surface area is 227 Å². The van der Waals surface area contributed by atoms with E-state index in [9.17, 15) is 14.7 Å². The van der Waals surface area contributed by atoms with Crippen LogP contribution in [0.25, 0.3) is 6.08 Å². The van der Waals surface area contributed by atoms with Crippen LogP contribution >= 0.6 is 34.4 Å². The fourth-order valence-electron chi connectivity index (χ4n) is 3.52. The Morgan fingerprint density at radius 1 is 1.14 bits per heavy atom. The first kappa shape index (κ1) is 25.8. The highest BCUT2D eigenvalue weighted by Gasteiger charge is 2.30. The number of ether oxygens (including phenoxy) is 2. The van der Waals surface area contributed by atoms with Crippen LogP contribution in [-0.2, 0) is 11.4 Å². The highest BCUT2D eigenvalue weighted by molar-refractivity contribution is 14.1. The molecule has 3 aromatic rings. The lowest BCUT2D eigenvalue weighted by molar-refractivity contribution is -0.121. The number of aliphatic imine (C=N–C) groups is 1. The van der Waals surface area contributed by atoms with E-state index in [4.69, 9.17) is 9.47 Å². The van der Waals surface area contributed by atoms with Crippen LogP contribution in [0.2, 0.25) is 0 Å². The third-order valence-electron chi connectivity index (χ3n) is 5.55. The van der Waals surface area contributed by atoms with E-state index in [0.29, 0.717) is 39.4 Å². The Bertz CT molecular complexity index is 1390. The van der Waals surface area contributed by atoms with E-state index in [1.54, 1.807) is 39.3 Å². The molecule has 9 heteroatoms. The number of amides is 1. The van der Waals surface area contributed by atoms with Gasteiger partial charge in [0.1, 0.15) is 6.61 Å². The van der Waals surface area contributed by atoms with E-state index in [0.717, 1.165) is 14.7 Å². The number of rotatable bonds is 7. The first-order valence-corrected chi connectivity index (χ1v) is 12.8. The summed E-state index contributed by atoms with van der Waals surface area (Å²) in [5, 5.41) is 9.84. The molecule has 1 aliphatic heterocycles. The zero-order chi connectivity index (χ0) is 25.8. The first-order chi connectivity index (χ1) is 17.3. The molecular formula is C27H23IN2O5S. The number of methoxy groups -OCH3 is 1. The molecule has 0 atom stereocenters. The molecule has 184 valence electrons. The SMILES string of the molecule is COc1cc(/C=C2\SC(=Nc3cccc(C(=O)O)c3C)N(C)C2=O)ccc1OCc1ccc(I)cc1. The molecule has 36 heavy (non-hydrogen) atoms. The van der Waals surface area contributed by atoms with Gasteiger partial charge in [0, 0.05) is 10.6 Å². The summed E-state index contributed by atoms with van der Waals surface area (Å²) in [6.45, 7) is 2.12. The number of hydrogen-bond acceptors (Lipinski definition) is 6. The summed E-state index contributed by atoms with van der Waals surface area (Å²) in [6, 6.07) is 18.5. The van der Waals surface area contributed by atoms with Crippen LogP contribution in [-0.4, -0.2) is 41.2 Å². The largest absolute Gasteiger partial charge is 0.493 e. The summed E-state index contributed by atoms with van der Waals surface area (Å²) >= 11 is 3.49. The van der Waals surface area contributed by atoms with Crippen molar-refractivity contribution in [3.8, 4) is 11.5 Å². The van der Waals surface area contributed by atoms with Crippen molar-refractivity contribution in [2.24, 2.45) is 4.99 Å². The Balaban J connectivity index is 1.55. The predicted molar refractivity (Wildman–Crippen MR) is 150 cm³/mol. The van der Waals surface area contributed by atoms with Crippen molar-refractivity contribution in [2.75, 3.05) is 14.2 Å². The summed E-state index contributed by atoms with van der Waals surface area (Å²) in [6.07, 6.45) is 1.78. The van der Waals surface area contributed by atoms with Gasteiger partial charge in [-0.05, 0) is 100 Å². The third-order valence-corrected chi connectivity index (χ3v) is 7.33. The van der Waals surface area contributed by atoms with Crippen molar-refractivity contribution < 1.29 is 24.2 Å². The van der Waals surface area contributed by atoms with Gasteiger partial charge < -0.3 is 14.6 Å². The molecule has 7 nitrogen and oxygen atoms in total. The summed E-state index contributed by atoms with van der Waals surface area (Å²) in [4.78, 5) is 30.8. The summed E-state index contributed by atoms with van der Waals surface area (Å²) < 4.78 is 12.6. The van der Waals surface area contributed by atoms with Crippen LogP contribution in [0.4, 0.5) is 5.69 Å². The van der Waals surface area contributed by atoms with Gasteiger partial charge in [-0.1, -0.05) is 24.3 Å². The maximum Gasteiger partial charge on any atom is 0.336 e. The second-order valence-corrected chi connectivity index (χ2v) is 10.2. The highest BCUT2D eigenvalue weighted by atomic mass is 127. The molecule has 1 saturated heterocycles. The molecule has 0 saturated carbocycles. The Morgan fingerprint density at radius 2 is 1.89 bits per heavy atom. The lowest BCUT2D eigenvalue weighted by Crippen LogP contribution is -2.23. The number of likely N-dealkylation sites (N-methyl/N-ethyl adjacent to an activating group) is 1. The highest BCUT2D eigenvalue weighted by Crippen LogP contribution is 2.36. The average molecular weight is 614 g/mol. The molecule has 0 unspecified atom stereocenters.